The third-order valence-electron chi connectivity index (χ3n) is 0.792. The topological polar surface area (TPSA) is 63.7 Å². The molecule has 0 fully saturated rings. The van der Waals surface area contributed by atoms with Gasteiger partial charge in [-0.25, -0.2) is 4.79 Å². The van der Waals surface area contributed by atoms with Crippen molar-refractivity contribution in [1.82, 2.24) is 5.06 Å². The zero-order valence-electron chi connectivity index (χ0n) is 6.58. The molecule has 0 aromatic heterocycles. The van der Waals surface area contributed by atoms with Crippen molar-refractivity contribution in [2.24, 2.45) is 0 Å². The Hall–Kier alpha value is -1.39. The second-order valence-corrected chi connectivity index (χ2v) is 1.92. The third kappa shape index (κ3) is 3.34. The predicted molar refractivity (Wildman–Crippen MR) is 35.0 cm³/mol. The van der Waals surface area contributed by atoms with Crippen LogP contribution in [0.4, 0.5) is 0 Å². The van der Waals surface area contributed by atoms with Crippen LogP contribution in [0.25, 0.3) is 0 Å². The van der Waals surface area contributed by atoms with Crippen LogP contribution in [0, 0.1) is 0 Å². The van der Waals surface area contributed by atoms with Gasteiger partial charge in [0.1, 0.15) is 0 Å². The molecule has 0 rings (SSSR count). The van der Waals surface area contributed by atoms with Gasteiger partial charge in [-0.3, -0.25) is 9.59 Å². The van der Waals surface area contributed by atoms with E-state index in [1.54, 1.807) is 0 Å². The van der Waals surface area contributed by atoms with Crippen LogP contribution in [0.3, 0.4) is 0 Å². The average molecular weight is 159 g/mol. The largest absolute Gasteiger partial charge is 0.331 e. The summed E-state index contributed by atoms with van der Waals surface area (Å²) in [6.45, 7) is 3.37. The number of carbonyl (C=O) groups is 3. The van der Waals surface area contributed by atoms with Gasteiger partial charge >= 0.3 is 5.97 Å². The maximum Gasteiger partial charge on any atom is 0.330 e. The van der Waals surface area contributed by atoms with Crippen LogP contribution in [-0.2, 0) is 19.2 Å². The Morgan fingerprint density at radius 1 is 1.00 bits per heavy atom. The number of amides is 2. The first kappa shape index (κ1) is 9.61. The highest BCUT2D eigenvalue weighted by molar-refractivity contribution is 5.92. The molecule has 5 heteroatoms. The van der Waals surface area contributed by atoms with Crippen LogP contribution < -0.4 is 0 Å². The van der Waals surface area contributed by atoms with E-state index in [0.717, 1.165) is 20.8 Å². The first-order valence-corrected chi connectivity index (χ1v) is 2.95. The molecular weight excluding hydrogens is 150 g/mol. The Morgan fingerprint density at radius 3 is 1.45 bits per heavy atom. The second-order valence-electron chi connectivity index (χ2n) is 1.92. The Labute approximate surface area is 63.9 Å². The number of imide groups is 1. The van der Waals surface area contributed by atoms with Gasteiger partial charge < -0.3 is 4.84 Å². The molecule has 0 heterocycles. The summed E-state index contributed by atoms with van der Waals surface area (Å²) in [5.41, 5.74) is 0. The quantitative estimate of drug-likeness (QED) is 0.461. The van der Waals surface area contributed by atoms with E-state index in [2.05, 4.69) is 4.84 Å². The molecule has 0 aliphatic heterocycles. The Morgan fingerprint density at radius 2 is 1.36 bits per heavy atom. The minimum atomic E-state index is -0.699. The molecule has 0 unspecified atom stereocenters. The predicted octanol–water partition coefficient (Wildman–Crippen LogP) is -0.141. The van der Waals surface area contributed by atoms with E-state index in [4.69, 9.17) is 0 Å². The highest BCUT2D eigenvalue weighted by atomic mass is 16.7. The lowest BCUT2D eigenvalue weighted by molar-refractivity contribution is -0.199. The van der Waals surface area contributed by atoms with Crippen molar-refractivity contribution in [2.75, 3.05) is 0 Å². The maximum absolute atomic E-state index is 10.5. The Kier molecular flexibility index (Phi) is 3.23. The number of rotatable bonds is 0. The summed E-state index contributed by atoms with van der Waals surface area (Å²) in [5, 5.41) is 0.405. The van der Waals surface area contributed by atoms with Gasteiger partial charge in [0.15, 0.2) is 0 Å². The summed E-state index contributed by atoms with van der Waals surface area (Å²) >= 11 is 0. The molecule has 11 heavy (non-hydrogen) atoms. The number of hydrogen-bond acceptors (Lipinski definition) is 4. The van der Waals surface area contributed by atoms with Crippen molar-refractivity contribution < 1.29 is 19.2 Å². The fraction of sp³-hybridized carbons (Fsp3) is 0.500. The van der Waals surface area contributed by atoms with Gasteiger partial charge in [0, 0.05) is 20.8 Å². The molecule has 0 spiro atoms. The van der Waals surface area contributed by atoms with Gasteiger partial charge in [-0.2, -0.15) is 0 Å². The van der Waals surface area contributed by atoms with E-state index >= 15 is 0 Å². The van der Waals surface area contributed by atoms with Crippen LogP contribution in [0.15, 0.2) is 0 Å². The fourth-order valence-electron chi connectivity index (χ4n) is 0.479. The van der Waals surface area contributed by atoms with Gasteiger partial charge in [-0.05, 0) is 0 Å². The lowest BCUT2D eigenvalue weighted by Gasteiger charge is -2.13. The molecule has 0 atom stereocenters. The molecular formula is C6H9NO4. The monoisotopic (exact) mass is 159 g/mol. The Bertz CT molecular complexity index is 185. The molecule has 0 N–H and O–H groups in total. The minimum Gasteiger partial charge on any atom is -0.331 e. The fourth-order valence-corrected chi connectivity index (χ4v) is 0.479. The summed E-state index contributed by atoms with van der Waals surface area (Å²) in [7, 11) is 0. The van der Waals surface area contributed by atoms with Crippen LogP contribution in [0.5, 0.6) is 0 Å². The molecule has 5 nitrogen and oxygen atoms in total. The average Bonchev–Trinajstić information content (AvgIpc) is 1.81. The van der Waals surface area contributed by atoms with Crippen LogP contribution in [-0.4, -0.2) is 22.8 Å². The van der Waals surface area contributed by atoms with Crippen LogP contribution in [0.1, 0.15) is 20.8 Å². The SMILES string of the molecule is CC(=O)ON(C(C)=O)C(C)=O. The van der Waals surface area contributed by atoms with Gasteiger partial charge in [0.25, 0.3) is 11.8 Å². The van der Waals surface area contributed by atoms with Crippen LogP contribution in [0.2, 0.25) is 0 Å². The lowest BCUT2D eigenvalue weighted by atomic mass is 10.6. The first-order chi connectivity index (χ1) is 4.95. The molecule has 0 radical (unpaired) electrons. The third-order valence-corrected chi connectivity index (χ3v) is 0.792. The Balaban J connectivity index is 4.23. The number of carbonyl (C=O) groups excluding carboxylic acids is 3. The molecule has 0 saturated heterocycles. The minimum absolute atomic E-state index is 0.405. The molecule has 0 saturated carbocycles. The summed E-state index contributed by atoms with van der Waals surface area (Å²) < 4.78 is 0. The van der Waals surface area contributed by atoms with E-state index < -0.39 is 17.8 Å². The van der Waals surface area contributed by atoms with E-state index in [9.17, 15) is 14.4 Å². The van der Waals surface area contributed by atoms with Crippen molar-refractivity contribution in [3.05, 3.63) is 0 Å². The molecule has 62 valence electrons. The zero-order valence-corrected chi connectivity index (χ0v) is 6.58. The summed E-state index contributed by atoms with van der Waals surface area (Å²) in [6.07, 6.45) is 0. The van der Waals surface area contributed by atoms with Gasteiger partial charge in [-0.1, -0.05) is 0 Å². The van der Waals surface area contributed by atoms with Crippen LogP contribution >= 0.6 is 0 Å². The maximum atomic E-state index is 10.5. The van der Waals surface area contributed by atoms with E-state index in [0.29, 0.717) is 5.06 Å². The van der Waals surface area contributed by atoms with Gasteiger partial charge in [0.05, 0.1) is 0 Å². The van der Waals surface area contributed by atoms with Gasteiger partial charge in [-0.15, -0.1) is 5.06 Å². The van der Waals surface area contributed by atoms with Crippen molar-refractivity contribution in [3.8, 4) is 0 Å². The molecule has 0 bridgehead atoms. The van der Waals surface area contributed by atoms with Crippen molar-refractivity contribution in [2.45, 2.75) is 20.8 Å². The van der Waals surface area contributed by atoms with E-state index in [1.165, 1.54) is 0 Å². The number of hydrogen-bond donors (Lipinski definition) is 0. The van der Waals surface area contributed by atoms with Crippen molar-refractivity contribution in [1.29, 1.82) is 0 Å². The number of hydroxylamine groups is 2. The standard InChI is InChI=1S/C6H9NO4/c1-4(8)7(5(2)9)11-6(3)10/h1-3H3. The first-order valence-electron chi connectivity index (χ1n) is 2.95. The lowest BCUT2D eigenvalue weighted by Crippen LogP contribution is -2.34. The molecule has 0 aromatic rings. The number of nitrogens with zero attached hydrogens (tertiary/aromatic N) is 1. The summed E-state index contributed by atoms with van der Waals surface area (Å²) in [4.78, 5) is 35.7. The molecule has 0 aromatic carbocycles. The zero-order chi connectivity index (χ0) is 9.02. The van der Waals surface area contributed by atoms with E-state index in [1.807, 2.05) is 0 Å². The molecule has 2 amide bonds. The molecule has 0 aliphatic rings. The highest BCUT2D eigenvalue weighted by Gasteiger charge is 2.16. The highest BCUT2D eigenvalue weighted by Crippen LogP contribution is 1.92. The summed E-state index contributed by atoms with van der Waals surface area (Å²) in [5.74, 6) is -1.93. The van der Waals surface area contributed by atoms with Crippen molar-refractivity contribution in [3.63, 3.8) is 0 Å². The molecule has 0 aliphatic carbocycles. The normalized spacial score (nSPS) is 8.64. The van der Waals surface area contributed by atoms with Crippen molar-refractivity contribution >= 4 is 17.8 Å². The van der Waals surface area contributed by atoms with E-state index in [-0.39, 0.29) is 0 Å². The smallest absolute Gasteiger partial charge is 0.330 e. The van der Waals surface area contributed by atoms with Gasteiger partial charge in [0.2, 0.25) is 0 Å². The summed E-state index contributed by atoms with van der Waals surface area (Å²) in [6, 6.07) is 0. The second kappa shape index (κ2) is 3.70.